The molecule has 1 saturated heterocycles. The monoisotopic (exact) mass is 311 g/mol. The Morgan fingerprint density at radius 3 is 2.73 bits per heavy atom. The minimum Gasteiger partial charge on any atom is -0.394 e. The Balaban J connectivity index is 2.16. The number of nitrogen functional groups attached to an aromatic ring is 1. The van der Waals surface area contributed by atoms with Crippen molar-refractivity contribution in [3.8, 4) is 0 Å². The summed E-state index contributed by atoms with van der Waals surface area (Å²) >= 11 is 0. The fourth-order valence-electron chi connectivity index (χ4n) is 2.53. The van der Waals surface area contributed by atoms with Gasteiger partial charge in [-0.3, -0.25) is 14.7 Å². The molecular formula is C11H13N5O6. The average Bonchev–Trinajstić information content (AvgIpc) is 3.00. The van der Waals surface area contributed by atoms with Crippen LogP contribution in [0.25, 0.3) is 11.0 Å². The molecule has 1 aliphatic heterocycles. The molecule has 0 aromatic carbocycles. The Labute approximate surface area is 122 Å². The van der Waals surface area contributed by atoms with Gasteiger partial charge in [-0.25, -0.2) is 9.97 Å². The molecule has 3 heterocycles. The second kappa shape index (κ2) is 5.14. The van der Waals surface area contributed by atoms with Gasteiger partial charge in [0, 0.05) is 0 Å². The molecule has 11 heteroatoms. The summed E-state index contributed by atoms with van der Waals surface area (Å²) in [5, 5.41) is 40.1. The Morgan fingerprint density at radius 1 is 1.41 bits per heavy atom. The van der Waals surface area contributed by atoms with Crippen molar-refractivity contribution in [3.63, 3.8) is 0 Å². The van der Waals surface area contributed by atoms with Crippen LogP contribution in [0.4, 0.5) is 11.5 Å². The molecule has 0 radical (unpaired) electrons. The molecule has 3 rings (SSSR count). The van der Waals surface area contributed by atoms with E-state index in [9.17, 15) is 20.3 Å². The third kappa shape index (κ3) is 1.99. The molecule has 22 heavy (non-hydrogen) atoms. The highest BCUT2D eigenvalue weighted by Crippen LogP contribution is 2.37. The van der Waals surface area contributed by atoms with Gasteiger partial charge in [-0.1, -0.05) is 0 Å². The first-order valence-corrected chi connectivity index (χ1v) is 6.33. The number of hydrogen-bond donors (Lipinski definition) is 4. The number of nitrogens with zero attached hydrogens (tertiary/aromatic N) is 4. The third-order valence-corrected chi connectivity index (χ3v) is 3.61. The van der Waals surface area contributed by atoms with Gasteiger partial charge in [0.15, 0.2) is 11.9 Å². The molecule has 1 aliphatic rings. The number of aromatic nitrogens is 3. The van der Waals surface area contributed by atoms with Crippen molar-refractivity contribution in [2.45, 2.75) is 24.5 Å². The van der Waals surface area contributed by atoms with E-state index in [1.807, 2.05) is 0 Å². The van der Waals surface area contributed by atoms with Crippen LogP contribution in [-0.2, 0) is 4.74 Å². The summed E-state index contributed by atoms with van der Waals surface area (Å²) in [5.74, 6) is -0.0813. The quantitative estimate of drug-likeness (QED) is 0.390. The SMILES string of the molecule is Nc1ncnc2c1c([N+](=O)[O-])cn2[C@@H]1O[C@H](CO)[C@@H](O)[C@H]1O. The van der Waals surface area contributed by atoms with Crippen molar-refractivity contribution in [3.05, 3.63) is 22.6 Å². The smallest absolute Gasteiger partial charge is 0.300 e. The van der Waals surface area contributed by atoms with Crippen molar-refractivity contribution in [2.24, 2.45) is 0 Å². The van der Waals surface area contributed by atoms with E-state index < -0.39 is 36.1 Å². The summed E-state index contributed by atoms with van der Waals surface area (Å²) in [6, 6.07) is 0. The van der Waals surface area contributed by atoms with E-state index in [-0.39, 0.29) is 22.5 Å². The predicted octanol–water partition coefficient (Wildman–Crippen LogP) is -1.47. The lowest BCUT2D eigenvalue weighted by atomic mass is 10.1. The summed E-state index contributed by atoms with van der Waals surface area (Å²) in [6.45, 7) is -0.507. The molecule has 0 spiro atoms. The lowest BCUT2D eigenvalue weighted by Crippen LogP contribution is -2.33. The van der Waals surface area contributed by atoms with Crippen molar-refractivity contribution >= 4 is 22.5 Å². The molecule has 0 bridgehead atoms. The highest BCUT2D eigenvalue weighted by molar-refractivity contribution is 5.95. The number of ether oxygens (including phenoxy) is 1. The van der Waals surface area contributed by atoms with Gasteiger partial charge in [-0.15, -0.1) is 0 Å². The Kier molecular flexibility index (Phi) is 3.41. The fraction of sp³-hybridized carbons (Fsp3) is 0.455. The Bertz CT molecular complexity index is 733. The van der Waals surface area contributed by atoms with E-state index in [1.165, 1.54) is 4.57 Å². The zero-order chi connectivity index (χ0) is 16.0. The number of anilines is 1. The number of aliphatic hydroxyl groups is 3. The minimum atomic E-state index is -1.39. The molecule has 11 nitrogen and oxygen atoms in total. The van der Waals surface area contributed by atoms with Gasteiger partial charge in [0.2, 0.25) is 0 Å². The highest BCUT2D eigenvalue weighted by atomic mass is 16.6. The first kappa shape index (κ1) is 14.6. The van der Waals surface area contributed by atoms with Crippen LogP contribution in [-0.4, -0.2) is 59.7 Å². The predicted molar refractivity (Wildman–Crippen MR) is 71.6 cm³/mol. The summed E-state index contributed by atoms with van der Waals surface area (Å²) in [7, 11) is 0. The van der Waals surface area contributed by atoms with Crippen LogP contribution in [0.3, 0.4) is 0 Å². The minimum absolute atomic E-state index is 0.0187. The first-order valence-electron chi connectivity index (χ1n) is 6.33. The topological polar surface area (TPSA) is 170 Å². The lowest BCUT2D eigenvalue weighted by molar-refractivity contribution is -0.383. The van der Waals surface area contributed by atoms with Gasteiger partial charge in [-0.05, 0) is 0 Å². The first-order chi connectivity index (χ1) is 10.5. The number of rotatable bonds is 3. The van der Waals surface area contributed by atoms with Crippen LogP contribution in [0.1, 0.15) is 6.23 Å². The zero-order valence-corrected chi connectivity index (χ0v) is 11.1. The number of nitro groups is 1. The van der Waals surface area contributed by atoms with Gasteiger partial charge < -0.3 is 25.8 Å². The van der Waals surface area contributed by atoms with E-state index in [4.69, 9.17) is 15.6 Å². The zero-order valence-electron chi connectivity index (χ0n) is 11.1. The molecule has 0 aliphatic carbocycles. The maximum atomic E-state index is 11.2. The highest BCUT2D eigenvalue weighted by Gasteiger charge is 2.44. The van der Waals surface area contributed by atoms with Crippen molar-refractivity contribution in [1.29, 1.82) is 0 Å². The Hall–Kier alpha value is -2.34. The van der Waals surface area contributed by atoms with E-state index >= 15 is 0 Å². The van der Waals surface area contributed by atoms with Gasteiger partial charge in [0.05, 0.1) is 17.7 Å². The van der Waals surface area contributed by atoms with Crippen LogP contribution in [0, 0.1) is 10.1 Å². The second-order valence-corrected chi connectivity index (χ2v) is 4.87. The second-order valence-electron chi connectivity index (χ2n) is 4.87. The van der Waals surface area contributed by atoms with Crippen LogP contribution >= 0.6 is 0 Å². The van der Waals surface area contributed by atoms with Crippen LogP contribution in [0.15, 0.2) is 12.5 Å². The molecule has 4 atom stereocenters. The molecule has 5 N–H and O–H groups in total. The number of aliphatic hydroxyl groups excluding tert-OH is 3. The summed E-state index contributed by atoms with van der Waals surface area (Å²) < 4.78 is 6.55. The Morgan fingerprint density at radius 2 is 2.14 bits per heavy atom. The maximum Gasteiger partial charge on any atom is 0.300 e. The van der Waals surface area contributed by atoms with E-state index in [0.717, 1.165) is 12.5 Å². The fourth-order valence-corrected chi connectivity index (χ4v) is 2.53. The average molecular weight is 311 g/mol. The molecule has 0 amide bonds. The van der Waals surface area contributed by atoms with Gasteiger partial charge in [0.25, 0.3) is 5.69 Å². The standard InChI is InChI=1S/C11H13N5O6/c12-9-6-4(16(20)21)1-15(10(6)14-3-13-9)11-8(19)7(18)5(2-17)22-11/h1,3,5,7-8,11,17-19H,2H2,(H2,12,13,14)/t5-,7-,8-,11-/m1/s1. The van der Waals surface area contributed by atoms with E-state index in [2.05, 4.69) is 9.97 Å². The van der Waals surface area contributed by atoms with Crippen LogP contribution < -0.4 is 5.73 Å². The van der Waals surface area contributed by atoms with E-state index in [1.54, 1.807) is 0 Å². The van der Waals surface area contributed by atoms with Crippen LogP contribution in [0.2, 0.25) is 0 Å². The lowest BCUT2D eigenvalue weighted by Gasteiger charge is -2.16. The molecule has 1 fully saturated rings. The summed E-state index contributed by atoms with van der Waals surface area (Å²) in [6.07, 6.45) is -2.63. The number of fused-ring (bicyclic) bond motifs is 1. The summed E-state index contributed by atoms with van der Waals surface area (Å²) in [5.41, 5.74) is 5.41. The number of nitrogens with two attached hydrogens (primary N) is 1. The van der Waals surface area contributed by atoms with Gasteiger partial charge in [-0.2, -0.15) is 0 Å². The van der Waals surface area contributed by atoms with Crippen molar-refractivity contribution < 1.29 is 25.0 Å². The largest absolute Gasteiger partial charge is 0.394 e. The van der Waals surface area contributed by atoms with Gasteiger partial charge in [0.1, 0.15) is 35.8 Å². The normalized spacial score (nSPS) is 28.3. The van der Waals surface area contributed by atoms with E-state index in [0.29, 0.717) is 0 Å². The molecule has 2 aromatic heterocycles. The third-order valence-electron chi connectivity index (χ3n) is 3.61. The maximum absolute atomic E-state index is 11.2. The van der Waals surface area contributed by atoms with Crippen molar-refractivity contribution in [2.75, 3.05) is 12.3 Å². The van der Waals surface area contributed by atoms with Crippen molar-refractivity contribution in [1.82, 2.24) is 14.5 Å². The van der Waals surface area contributed by atoms with Gasteiger partial charge >= 0.3 is 0 Å². The molecule has 2 aromatic rings. The molecule has 118 valence electrons. The molecular weight excluding hydrogens is 298 g/mol. The molecule has 0 saturated carbocycles. The van der Waals surface area contributed by atoms with Crippen LogP contribution in [0.5, 0.6) is 0 Å². The summed E-state index contributed by atoms with van der Waals surface area (Å²) in [4.78, 5) is 18.1. The number of hydrogen-bond acceptors (Lipinski definition) is 9. The molecule has 0 unspecified atom stereocenters.